The predicted molar refractivity (Wildman–Crippen MR) is 126 cm³/mol. The summed E-state index contributed by atoms with van der Waals surface area (Å²) < 4.78 is 5.05. The summed E-state index contributed by atoms with van der Waals surface area (Å²) in [7, 11) is 1.62. The summed E-state index contributed by atoms with van der Waals surface area (Å²) >= 11 is 1.28. The van der Waals surface area contributed by atoms with E-state index in [1.165, 1.54) is 11.3 Å². The number of aliphatic imine (C=N–C) groups is 1. The molecule has 3 N–H and O–H groups in total. The van der Waals surface area contributed by atoms with Gasteiger partial charge in [0.2, 0.25) is 5.91 Å². The number of aryl methyl sites for hydroxylation is 1. The highest BCUT2D eigenvalue weighted by Gasteiger charge is 2.20. The SMILES string of the molecule is CCOC(=O)c1sc(C(C)NC(=NC)NCC(=O)Nc2ccccc2)nc1C.I. The van der Waals surface area contributed by atoms with E-state index in [4.69, 9.17) is 4.74 Å². The van der Waals surface area contributed by atoms with Crippen LogP contribution >= 0.6 is 35.3 Å². The molecule has 0 aliphatic carbocycles. The number of thiazole rings is 1. The third-order valence-electron chi connectivity index (χ3n) is 3.70. The van der Waals surface area contributed by atoms with Gasteiger partial charge in [0.15, 0.2) is 5.96 Å². The van der Waals surface area contributed by atoms with E-state index in [0.29, 0.717) is 23.1 Å². The van der Waals surface area contributed by atoms with Gasteiger partial charge in [-0.25, -0.2) is 9.78 Å². The smallest absolute Gasteiger partial charge is 0.350 e. The predicted octanol–water partition coefficient (Wildman–Crippen LogP) is 3.11. The molecule has 2 aromatic rings. The van der Waals surface area contributed by atoms with Gasteiger partial charge in [-0.2, -0.15) is 0 Å². The monoisotopic (exact) mass is 531 g/mol. The molecule has 8 nitrogen and oxygen atoms in total. The number of anilines is 1. The van der Waals surface area contributed by atoms with E-state index >= 15 is 0 Å². The van der Waals surface area contributed by atoms with E-state index in [0.717, 1.165) is 10.7 Å². The Kier molecular flexibility index (Phi) is 10.6. The second-order valence-electron chi connectivity index (χ2n) is 5.89. The van der Waals surface area contributed by atoms with Crippen molar-refractivity contribution >= 4 is 58.8 Å². The number of ether oxygens (including phenoxy) is 1. The maximum Gasteiger partial charge on any atom is 0.350 e. The van der Waals surface area contributed by atoms with Gasteiger partial charge in [-0.3, -0.25) is 9.79 Å². The number of nitrogens with one attached hydrogen (secondary N) is 3. The first-order valence-electron chi connectivity index (χ1n) is 8.91. The Morgan fingerprint density at radius 2 is 1.97 bits per heavy atom. The van der Waals surface area contributed by atoms with Crippen LogP contribution in [0.2, 0.25) is 0 Å². The first kappa shape index (κ1) is 24.8. The van der Waals surface area contributed by atoms with Crippen LogP contribution in [0.5, 0.6) is 0 Å². The molecule has 0 aliphatic rings. The van der Waals surface area contributed by atoms with Crippen molar-refractivity contribution in [2.24, 2.45) is 4.99 Å². The van der Waals surface area contributed by atoms with Crippen molar-refractivity contribution < 1.29 is 14.3 Å². The highest BCUT2D eigenvalue weighted by molar-refractivity contribution is 14.0. The molecule has 1 amide bonds. The van der Waals surface area contributed by atoms with Gasteiger partial charge in [0, 0.05) is 12.7 Å². The molecule has 1 aromatic heterocycles. The largest absolute Gasteiger partial charge is 0.462 e. The number of benzene rings is 1. The zero-order valence-electron chi connectivity index (χ0n) is 16.8. The molecule has 0 bridgehead atoms. The van der Waals surface area contributed by atoms with E-state index in [9.17, 15) is 9.59 Å². The van der Waals surface area contributed by atoms with Gasteiger partial charge in [-0.1, -0.05) is 18.2 Å². The Hall–Kier alpha value is -2.21. The maximum atomic E-state index is 12.1. The normalized spacial score (nSPS) is 11.8. The molecule has 0 radical (unpaired) electrons. The molecule has 1 unspecified atom stereocenters. The standard InChI is InChI=1S/C19H25N5O3S.HI/c1-5-27-18(26)16-12(2)22-17(28-16)13(3)23-19(20-4)21-11-15(25)24-14-9-7-6-8-10-14;/h6-10,13H,5,11H2,1-4H3,(H,24,25)(H2,20,21,23);1H. The number of esters is 1. The van der Waals surface area contributed by atoms with Crippen molar-refractivity contribution in [3.63, 3.8) is 0 Å². The van der Waals surface area contributed by atoms with Crippen molar-refractivity contribution in [3.8, 4) is 0 Å². The highest BCUT2D eigenvalue weighted by atomic mass is 127. The van der Waals surface area contributed by atoms with Crippen molar-refractivity contribution in [1.82, 2.24) is 15.6 Å². The fourth-order valence-corrected chi connectivity index (χ4v) is 3.30. The third-order valence-corrected chi connectivity index (χ3v) is 5.02. The second kappa shape index (κ2) is 12.4. The second-order valence-corrected chi connectivity index (χ2v) is 6.92. The lowest BCUT2D eigenvalue weighted by Crippen LogP contribution is -2.42. The van der Waals surface area contributed by atoms with Crippen molar-refractivity contribution in [1.29, 1.82) is 0 Å². The van der Waals surface area contributed by atoms with Crippen LogP contribution in [0.1, 0.15) is 40.3 Å². The average Bonchev–Trinajstić information content (AvgIpc) is 3.08. The number of para-hydroxylation sites is 1. The number of nitrogens with zero attached hydrogens (tertiary/aromatic N) is 2. The Balaban J connectivity index is 0.00000420. The lowest BCUT2D eigenvalue weighted by atomic mass is 10.3. The van der Waals surface area contributed by atoms with Crippen LogP contribution in [-0.4, -0.2) is 43.0 Å². The zero-order valence-corrected chi connectivity index (χ0v) is 20.0. The molecular weight excluding hydrogens is 505 g/mol. The number of carbonyl (C=O) groups excluding carboxylic acids is 2. The number of rotatable bonds is 7. The number of aromatic nitrogens is 1. The molecule has 0 saturated heterocycles. The zero-order chi connectivity index (χ0) is 20.5. The Labute approximate surface area is 191 Å². The maximum absolute atomic E-state index is 12.1. The molecule has 0 aliphatic heterocycles. The quantitative estimate of drug-likeness (QED) is 0.220. The molecule has 158 valence electrons. The van der Waals surface area contributed by atoms with Gasteiger partial charge in [0.25, 0.3) is 0 Å². The number of guanidine groups is 1. The van der Waals surface area contributed by atoms with E-state index in [2.05, 4.69) is 25.9 Å². The molecule has 0 fully saturated rings. The van der Waals surface area contributed by atoms with Crippen LogP contribution in [0.15, 0.2) is 35.3 Å². The van der Waals surface area contributed by atoms with Gasteiger partial charge in [-0.15, -0.1) is 35.3 Å². The molecule has 0 spiro atoms. The van der Waals surface area contributed by atoms with Gasteiger partial charge in [0.1, 0.15) is 9.88 Å². The Bertz CT molecular complexity index is 842. The first-order valence-corrected chi connectivity index (χ1v) is 9.72. The molecule has 1 heterocycles. The molecule has 0 saturated carbocycles. The van der Waals surface area contributed by atoms with Crippen LogP contribution < -0.4 is 16.0 Å². The molecular formula is C19H26IN5O3S. The van der Waals surface area contributed by atoms with Crippen LogP contribution in [0.3, 0.4) is 0 Å². The van der Waals surface area contributed by atoms with Crippen molar-refractivity contribution in [3.05, 3.63) is 45.9 Å². The van der Waals surface area contributed by atoms with Crippen LogP contribution in [0.25, 0.3) is 0 Å². The van der Waals surface area contributed by atoms with Crippen LogP contribution in [0.4, 0.5) is 5.69 Å². The summed E-state index contributed by atoms with van der Waals surface area (Å²) in [5.74, 6) is -0.0891. The Morgan fingerprint density at radius 3 is 2.59 bits per heavy atom. The van der Waals surface area contributed by atoms with Gasteiger partial charge in [0.05, 0.1) is 24.9 Å². The summed E-state index contributed by atoms with van der Waals surface area (Å²) in [6.07, 6.45) is 0. The van der Waals surface area contributed by atoms with Gasteiger partial charge >= 0.3 is 5.97 Å². The fraction of sp³-hybridized carbons (Fsp3) is 0.368. The number of hydrogen-bond acceptors (Lipinski definition) is 6. The number of amides is 1. The summed E-state index contributed by atoms with van der Waals surface area (Å²) in [6, 6.07) is 9.03. The number of halogens is 1. The topological polar surface area (TPSA) is 105 Å². The molecule has 1 aromatic carbocycles. The summed E-state index contributed by atoms with van der Waals surface area (Å²) in [6.45, 7) is 5.83. The van der Waals surface area contributed by atoms with Gasteiger partial charge in [-0.05, 0) is 32.9 Å². The minimum absolute atomic E-state index is 0. The molecule has 10 heteroatoms. The summed E-state index contributed by atoms with van der Waals surface area (Å²) in [5.41, 5.74) is 1.37. The van der Waals surface area contributed by atoms with Crippen molar-refractivity contribution in [2.45, 2.75) is 26.8 Å². The first-order chi connectivity index (χ1) is 13.4. The third kappa shape index (κ3) is 7.61. The van der Waals surface area contributed by atoms with E-state index in [-0.39, 0.29) is 48.4 Å². The minimum atomic E-state index is -0.365. The summed E-state index contributed by atoms with van der Waals surface area (Å²) in [4.78, 5) is 33.1. The highest BCUT2D eigenvalue weighted by Crippen LogP contribution is 2.24. The average molecular weight is 531 g/mol. The van der Waals surface area contributed by atoms with E-state index in [1.807, 2.05) is 37.3 Å². The van der Waals surface area contributed by atoms with Crippen LogP contribution in [0, 0.1) is 6.92 Å². The lowest BCUT2D eigenvalue weighted by molar-refractivity contribution is -0.115. The summed E-state index contributed by atoms with van der Waals surface area (Å²) in [5, 5.41) is 9.66. The number of hydrogen-bond donors (Lipinski definition) is 3. The van der Waals surface area contributed by atoms with Gasteiger partial charge < -0.3 is 20.7 Å². The molecule has 1 atom stereocenters. The van der Waals surface area contributed by atoms with Crippen molar-refractivity contribution in [2.75, 3.05) is 25.5 Å². The van der Waals surface area contributed by atoms with E-state index < -0.39 is 0 Å². The molecule has 29 heavy (non-hydrogen) atoms. The minimum Gasteiger partial charge on any atom is -0.462 e. The Morgan fingerprint density at radius 1 is 1.28 bits per heavy atom. The fourth-order valence-electron chi connectivity index (χ4n) is 2.34. The number of carbonyl (C=O) groups is 2. The lowest BCUT2D eigenvalue weighted by Gasteiger charge is -2.16. The van der Waals surface area contributed by atoms with E-state index in [1.54, 1.807) is 20.9 Å². The molecule has 2 rings (SSSR count). The van der Waals surface area contributed by atoms with Crippen LogP contribution in [-0.2, 0) is 9.53 Å².